The van der Waals surface area contributed by atoms with E-state index in [1.165, 1.54) is 12.1 Å². The number of sulfonamides is 1. The van der Waals surface area contributed by atoms with Gasteiger partial charge in [-0.2, -0.15) is 0 Å². The smallest absolute Gasteiger partial charge is 0.238 e. The molecule has 7 heteroatoms. The van der Waals surface area contributed by atoms with E-state index in [0.29, 0.717) is 5.92 Å². The monoisotopic (exact) mass is 377 g/mol. The van der Waals surface area contributed by atoms with E-state index in [0.717, 1.165) is 43.9 Å². The summed E-state index contributed by atoms with van der Waals surface area (Å²) in [7, 11) is -1.62. The van der Waals surface area contributed by atoms with Gasteiger partial charge in [0.15, 0.2) is 0 Å². The normalized spacial score (nSPS) is 15.9. The number of primary sulfonamides is 1. The average Bonchev–Trinajstić information content (AvgIpc) is 2.62. The standard InChI is InChI=1S/C19H24FN3O2S/c1-22(17-4-2-16(20)3-5-17)14-15-10-12-23(13-11-15)18-6-8-19(9-7-18)26(21,24)25/h2-9,15H,10-14H2,1H3,(H2,21,24,25). The van der Waals surface area contributed by atoms with E-state index in [1.807, 2.05) is 19.2 Å². The molecular formula is C19H24FN3O2S. The van der Waals surface area contributed by atoms with Crippen LogP contribution in [-0.4, -0.2) is 35.1 Å². The number of anilines is 2. The zero-order valence-electron chi connectivity index (χ0n) is 14.8. The van der Waals surface area contributed by atoms with Crippen LogP contribution in [0, 0.1) is 11.7 Å². The molecule has 0 atom stereocenters. The van der Waals surface area contributed by atoms with Crippen molar-refractivity contribution in [2.45, 2.75) is 17.7 Å². The number of rotatable bonds is 5. The van der Waals surface area contributed by atoms with Gasteiger partial charge < -0.3 is 9.80 Å². The lowest BCUT2D eigenvalue weighted by atomic mass is 9.95. The van der Waals surface area contributed by atoms with Crippen LogP contribution in [0.5, 0.6) is 0 Å². The SMILES string of the molecule is CN(CC1CCN(c2ccc(S(N)(=O)=O)cc2)CC1)c1ccc(F)cc1. The van der Waals surface area contributed by atoms with E-state index in [1.54, 1.807) is 24.3 Å². The molecule has 5 nitrogen and oxygen atoms in total. The van der Waals surface area contributed by atoms with Crippen LogP contribution in [0.25, 0.3) is 0 Å². The Morgan fingerprint density at radius 2 is 1.65 bits per heavy atom. The maximum Gasteiger partial charge on any atom is 0.238 e. The summed E-state index contributed by atoms with van der Waals surface area (Å²) in [5.41, 5.74) is 2.04. The molecule has 0 bridgehead atoms. The molecule has 0 spiro atoms. The van der Waals surface area contributed by atoms with Gasteiger partial charge in [-0.05, 0) is 67.3 Å². The summed E-state index contributed by atoms with van der Waals surface area (Å²) in [6, 6.07) is 13.3. The van der Waals surface area contributed by atoms with Crippen molar-refractivity contribution in [2.75, 3.05) is 36.5 Å². The Hall–Kier alpha value is -2.12. The minimum absolute atomic E-state index is 0.136. The summed E-state index contributed by atoms with van der Waals surface area (Å²) < 4.78 is 35.7. The number of hydrogen-bond acceptors (Lipinski definition) is 4. The molecule has 1 aliphatic heterocycles. The lowest BCUT2D eigenvalue weighted by Crippen LogP contribution is -2.37. The van der Waals surface area contributed by atoms with E-state index in [2.05, 4.69) is 9.80 Å². The second kappa shape index (κ2) is 7.63. The fraction of sp³-hybridized carbons (Fsp3) is 0.368. The summed E-state index contributed by atoms with van der Waals surface area (Å²) in [6.45, 7) is 2.79. The van der Waals surface area contributed by atoms with Crippen LogP contribution in [0.3, 0.4) is 0 Å². The van der Waals surface area contributed by atoms with Crippen molar-refractivity contribution in [1.29, 1.82) is 0 Å². The number of benzene rings is 2. The molecular weight excluding hydrogens is 353 g/mol. The van der Waals surface area contributed by atoms with Gasteiger partial charge in [0.05, 0.1) is 4.90 Å². The van der Waals surface area contributed by atoms with Gasteiger partial charge >= 0.3 is 0 Å². The maximum absolute atomic E-state index is 13.0. The molecule has 2 N–H and O–H groups in total. The fourth-order valence-electron chi connectivity index (χ4n) is 3.41. The van der Waals surface area contributed by atoms with Crippen molar-refractivity contribution in [3.8, 4) is 0 Å². The average molecular weight is 377 g/mol. The predicted molar refractivity (Wildman–Crippen MR) is 102 cm³/mol. The highest BCUT2D eigenvalue weighted by atomic mass is 32.2. The van der Waals surface area contributed by atoms with E-state index in [-0.39, 0.29) is 10.7 Å². The Kier molecular flexibility index (Phi) is 5.48. The number of nitrogens with zero attached hydrogens (tertiary/aromatic N) is 2. The van der Waals surface area contributed by atoms with Gasteiger partial charge in [-0.25, -0.2) is 17.9 Å². The topological polar surface area (TPSA) is 66.6 Å². The minimum atomic E-state index is -3.65. The van der Waals surface area contributed by atoms with Gasteiger partial charge in [0.2, 0.25) is 10.0 Å². The zero-order valence-corrected chi connectivity index (χ0v) is 15.6. The van der Waals surface area contributed by atoms with Crippen LogP contribution in [0.1, 0.15) is 12.8 Å². The maximum atomic E-state index is 13.0. The Bertz CT molecular complexity index is 830. The molecule has 140 valence electrons. The molecule has 0 radical (unpaired) electrons. The second-order valence-corrected chi connectivity index (χ2v) is 8.39. The first kappa shape index (κ1) is 18.7. The van der Waals surface area contributed by atoms with Crippen LogP contribution in [0.4, 0.5) is 15.8 Å². The molecule has 1 saturated heterocycles. The van der Waals surface area contributed by atoms with Crippen molar-refractivity contribution in [2.24, 2.45) is 11.1 Å². The molecule has 1 aliphatic rings. The summed E-state index contributed by atoms with van der Waals surface area (Å²) in [6.07, 6.45) is 2.12. The molecule has 0 unspecified atom stereocenters. The first-order chi connectivity index (χ1) is 12.3. The lowest BCUT2D eigenvalue weighted by molar-refractivity contribution is 0.409. The third-order valence-corrected chi connectivity index (χ3v) is 5.87. The highest BCUT2D eigenvalue weighted by Crippen LogP contribution is 2.26. The van der Waals surface area contributed by atoms with Crippen LogP contribution in [0.2, 0.25) is 0 Å². The second-order valence-electron chi connectivity index (χ2n) is 6.83. The molecule has 2 aromatic carbocycles. The molecule has 3 rings (SSSR count). The number of piperidine rings is 1. The van der Waals surface area contributed by atoms with Crippen LogP contribution in [0.15, 0.2) is 53.4 Å². The third-order valence-electron chi connectivity index (χ3n) is 4.94. The van der Waals surface area contributed by atoms with Crippen molar-refractivity contribution in [3.05, 3.63) is 54.3 Å². The largest absolute Gasteiger partial charge is 0.374 e. The van der Waals surface area contributed by atoms with Crippen molar-refractivity contribution in [3.63, 3.8) is 0 Å². The Morgan fingerprint density at radius 1 is 1.08 bits per heavy atom. The first-order valence-corrected chi connectivity index (χ1v) is 10.2. The Balaban J connectivity index is 1.54. The summed E-state index contributed by atoms with van der Waals surface area (Å²) in [4.78, 5) is 4.57. The fourth-order valence-corrected chi connectivity index (χ4v) is 3.92. The van der Waals surface area contributed by atoms with E-state index >= 15 is 0 Å². The molecule has 0 aliphatic carbocycles. The minimum Gasteiger partial charge on any atom is -0.374 e. The quantitative estimate of drug-likeness (QED) is 0.870. The number of halogens is 1. The third kappa shape index (κ3) is 4.53. The van der Waals surface area contributed by atoms with E-state index < -0.39 is 10.0 Å². The zero-order chi connectivity index (χ0) is 18.7. The molecule has 0 saturated carbocycles. The lowest BCUT2D eigenvalue weighted by Gasteiger charge is -2.35. The Labute approximate surface area is 154 Å². The molecule has 0 aromatic heterocycles. The van der Waals surface area contributed by atoms with E-state index in [4.69, 9.17) is 5.14 Å². The molecule has 1 heterocycles. The van der Waals surface area contributed by atoms with Crippen molar-refractivity contribution < 1.29 is 12.8 Å². The molecule has 1 fully saturated rings. The van der Waals surface area contributed by atoms with Crippen LogP contribution < -0.4 is 14.9 Å². The highest BCUT2D eigenvalue weighted by molar-refractivity contribution is 7.89. The summed E-state index contributed by atoms with van der Waals surface area (Å²) in [5.74, 6) is 0.355. The molecule has 26 heavy (non-hydrogen) atoms. The Morgan fingerprint density at radius 3 is 2.19 bits per heavy atom. The van der Waals surface area contributed by atoms with Gasteiger partial charge in [-0.1, -0.05) is 0 Å². The van der Waals surface area contributed by atoms with Gasteiger partial charge in [0.25, 0.3) is 0 Å². The van der Waals surface area contributed by atoms with Gasteiger partial charge in [-0.15, -0.1) is 0 Å². The van der Waals surface area contributed by atoms with Gasteiger partial charge in [0.1, 0.15) is 5.82 Å². The van der Waals surface area contributed by atoms with E-state index in [9.17, 15) is 12.8 Å². The predicted octanol–water partition coefficient (Wildman–Crippen LogP) is 2.83. The van der Waals surface area contributed by atoms with Crippen LogP contribution >= 0.6 is 0 Å². The van der Waals surface area contributed by atoms with Crippen molar-refractivity contribution in [1.82, 2.24) is 0 Å². The van der Waals surface area contributed by atoms with Crippen LogP contribution in [-0.2, 0) is 10.0 Å². The van der Waals surface area contributed by atoms with Gasteiger partial charge in [-0.3, -0.25) is 0 Å². The molecule has 2 aromatic rings. The van der Waals surface area contributed by atoms with Gasteiger partial charge in [0, 0.05) is 38.1 Å². The summed E-state index contributed by atoms with van der Waals surface area (Å²) in [5, 5.41) is 5.14. The highest BCUT2D eigenvalue weighted by Gasteiger charge is 2.21. The first-order valence-electron chi connectivity index (χ1n) is 8.67. The van der Waals surface area contributed by atoms with Crippen molar-refractivity contribution >= 4 is 21.4 Å². The number of hydrogen-bond donors (Lipinski definition) is 1. The molecule has 0 amide bonds. The summed E-state index contributed by atoms with van der Waals surface area (Å²) >= 11 is 0. The number of nitrogens with two attached hydrogens (primary N) is 1.